The van der Waals surface area contributed by atoms with E-state index in [-0.39, 0.29) is 18.2 Å². The fourth-order valence-corrected chi connectivity index (χ4v) is 4.37. The molecule has 1 aliphatic heterocycles. The summed E-state index contributed by atoms with van der Waals surface area (Å²) in [6, 6.07) is 20.3. The minimum absolute atomic E-state index is 0.0433. The molecular formula is C24H23F2NO2. The maximum atomic E-state index is 14.3. The van der Waals surface area contributed by atoms with Crippen LogP contribution in [0.4, 0.5) is 8.78 Å². The van der Waals surface area contributed by atoms with Crippen molar-refractivity contribution in [3.8, 4) is 5.75 Å². The maximum Gasteiger partial charge on any atom is 0.134 e. The zero-order valence-corrected chi connectivity index (χ0v) is 15.9. The Labute approximate surface area is 168 Å². The van der Waals surface area contributed by atoms with E-state index in [9.17, 15) is 19.0 Å². The van der Waals surface area contributed by atoms with E-state index in [1.54, 1.807) is 0 Å². The van der Waals surface area contributed by atoms with Crippen LogP contribution in [0.15, 0.2) is 72.8 Å². The Hall–Kier alpha value is -2.76. The molecule has 4 rings (SSSR count). The summed E-state index contributed by atoms with van der Waals surface area (Å²) in [4.78, 5) is 1.97. The van der Waals surface area contributed by atoms with Crippen molar-refractivity contribution in [3.05, 3.63) is 101 Å². The smallest absolute Gasteiger partial charge is 0.134 e. The minimum Gasteiger partial charge on any atom is -0.507 e. The molecule has 150 valence electrons. The van der Waals surface area contributed by atoms with Gasteiger partial charge in [0.05, 0.1) is 0 Å². The molecule has 1 aliphatic rings. The van der Waals surface area contributed by atoms with Crippen LogP contribution in [-0.4, -0.2) is 27.7 Å². The monoisotopic (exact) mass is 395 g/mol. The van der Waals surface area contributed by atoms with Crippen LogP contribution in [-0.2, 0) is 12.1 Å². The second-order valence-corrected chi connectivity index (χ2v) is 7.51. The third-order valence-electron chi connectivity index (χ3n) is 5.77. The predicted molar refractivity (Wildman–Crippen MR) is 107 cm³/mol. The van der Waals surface area contributed by atoms with Crippen LogP contribution >= 0.6 is 0 Å². The molecule has 1 heterocycles. The summed E-state index contributed by atoms with van der Waals surface area (Å²) in [5.41, 5.74) is 0.256. The fourth-order valence-electron chi connectivity index (χ4n) is 4.37. The van der Waals surface area contributed by atoms with Crippen molar-refractivity contribution in [2.24, 2.45) is 0 Å². The highest BCUT2D eigenvalue weighted by Crippen LogP contribution is 2.41. The average molecular weight is 395 g/mol. The number of nitrogens with zero attached hydrogens (tertiary/aromatic N) is 1. The summed E-state index contributed by atoms with van der Waals surface area (Å²) in [5, 5.41) is 22.1. The van der Waals surface area contributed by atoms with E-state index in [1.165, 1.54) is 0 Å². The zero-order chi connectivity index (χ0) is 20.4. The fraction of sp³-hybridized carbons (Fsp3) is 0.250. The van der Waals surface area contributed by atoms with Crippen LogP contribution in [0.5, 0.6) is 5.75 Å². The maximum absolute atomic E-state index is 14.3. The van der Waals surface area contributed by atoms with Gasteiger partial charge in [-0.2, -0.15) is 0 Å². The number of phenolic OH excluding ortho intramolecular Hbond substituents is 1. The molecule has 2 N–H and O–H groups in total. The van der Waals surface area contributed by atoms with Gasteiger partial charge >= 0.3 is 0 Å². The summed E-state index contributed by atoms with van der Waals surface area (Å²) in [5.74, 6) is -2.00. The van der Waals surface area contributed by atoms with Crippen molar-refractivity contribution in [2.75, 3.05) is 6.54 Å². The molecule has 0 radical (unpaired) electrons. The van der Waals surface area contributed by atoms with Crippen molar-refractivity contribution in [2.45, 2.75) is 31.0 Å². The Kier molecular flexibility index (Phi) is 5.35. The number of benzene rings is 3. The Morgan fingerprint density at radius 3 is 2.07 bits per heavy atom. The molecule has 3 aromatic carbocycles. The van der Waals surface area contributed by atoms with Crippen LogP contribution in [0.1, 0.15) is 29.5 Å². The molecule has 0 bridgehead atoms. The van der Waals surface area contributed by atoms with E-state index in [4.69, 9.17) is 0 Å². The molecule has 0 amide bonds. The molecule has 29 heavy (non-hydrogen) atoms. The van der Waals surface area contributed by atoms with Crippen LogP contribution in [0.3, 0.4) is 0 Å². The third kappa shape index (κ3) is 3.63. The Morgan fingerprint density at radius 2 is 1.52 bits per heavy atom. The molecular weight excluding hydrogens is 372 g/mol. The lowest BCUT2D eigenvalue weighted by Crippen LogP contribution is -2.48. The van der Waals surface area contributed by atoms with Crippen molar-refractivity contribution in [1.29, 1.82) is 0 Å². The van der Waals surface area contributed by atoms with E-state index in [2.05, 4.69) is 0 Å². The number of phenols is 1. The van der Waals surface area contributed by atoms with Gasteiger partial charge in [-0.05, 0) is 30.5 Å². The van der Waals surface area contributed by atoms with Crippen molar-refractivity contribution in [3.63, 3.8) is 0 Å². The molecule has 0 spiro atoms. The van der Waals surface area contributed by atoms with Gasteiger partial charge in [-0.15, -0.1) is 0 Å². The van der Waals surface area contributed by atoms with Crippen LogP contribution in [0.25, 0.3) is 0 Å². The van der Waals surface area contributed by atoms with Crippen molar-refractivity contribution < 1.29 is 19.0 Å². The standard InChI is InChI=1S/C24H23F2NO2/c25-19-14-21(26)20(22(28)15-19)16-27-13-7-12-23(27)24(29,17-8-3-1-4-9-17)18-10-5-2-6-11-18/h1-6,8-11,14-15,23,28-29H,7,12-13,16H2/t23-/m0/s1. The Bertz CT molecular complexity index is 916. The highest BCUT2D eigenvalue weighted by Gasteiger charge is 2.45. The van der Waals surface area contributed by atoms with E-state index < -0.39 is 23.0 Å². The Balaban J connectivity index is 1.75. The number of rotatable bonds is 5. The molecule has 0 saturated carbocycles. The lowest BCUT2D eigenvalue weighted by molar-refractivity contribution is -0.00704. The lowest BCUT2D eigenvalue weighted by Gasteiger charge is -2.40. The van der Waals surface area contributed by atoms with Gasteiger partial charge in [0.2, 0.25) is 0 Å². The van der Waals surface area contributed by atoms with Gasteiger partial charge in [0, 0.05) is 30.3 Å². The number of hydrogen-bond acceptors (Lipinski definition) is 3. The molecule has 5 heteroatoms. The van der Waals surface area contributed by atoms with Crippen LogP contribution in [0, 0.1) is 11.6 Å². The Morgan fingerprint density at radius 1 is 0.931 bits per heavy atom. The minimum atomic E-state index is -1.30. The highest BCUT2D eigenvalue weighted by atomic mass is 19.1. The highest BCUT2D eigenvalue weighted by molar-refractivity contribution is 5.39. The SMILES string of the molecule is Oc1cc(F)cc(F)c1CN1CCC[C@H]1C(O)(c1ccccc1)c1ccccc1. The summed E-state index contributed by atoms with van der Waals surface area (Å²) >= 11 is 0. The quantitative estimate of drug-likeness (QED) is 0.665. The molecule has 1 saturated heterocycles. The molecule has 1 atom stereocenters. The number of hydrogen-bond donors (Lipinski definition) is 2. The summed E-state index contributed by atoms with van der Waals surface area (Å²) in [7, 11) is 0. The largest absolute Gasteiger partial charge is 0.507 e. The molecule has 3 aromatic rings. The first kappa shape index (κ1) is 19.6. The first-order valence-corrected chi connectivity index (χ1v) is 9.74. The summed E-state index contributed by atoms with van der Waals surface area (Å²) in [6.07, 6.45) is 1.54. The van der Waals surface area contributed by atoms with Gasteiger partial charge in [-0.1, -0.05) is 60.7 Å². The first-order valence-electron chi connectivity index (χ1n) is 9.74. The van der Waals surface area contributed by atoms with Gasteiger partial charge in [0.15, 0.2) is 0 Å². The van der Waals surface area contributed by atoms with E-state index >= 15 is 0 Å². The topological polar surface area (TPSA) is 43.7 Å². The lowest BCUT2D eigenvalue weighted by atomic mass is 9.79. The first-order chi connectivity index (χ1) is 14.0. The van der Waals surface area contributed by atoms with Crippen molar-refractivity contribution in [1.82, 2.24) is 4.90 Å². The van der Waals surface area contributed by atoms with Gasteiger partial charge < -0.3 is 10.2 Å². The van der Waals surface area contributed by atoms with Gasteiger partial charge in [-0.3, -0.25) is 4.90 Å². The third-order valence-corrected chi connectivity index (χ3v) is 5.77. The molecule has 0 unspecified atom stereocenters. The number of aliphatic hydroxyl groups is 1. The van der Waals surface area contributed by atoms with Crippen molar-refractivity contribution >= 4 is 0 Å². The average Bonchev–Trinajstić information content (AvgIpc) is 3.20. The molecule has 3 nitrogen and oxygen atoms in total. The van der Waals surface area contributed by atoms with Gasteiger partial charge in [0.25, 0.3) is 0 Å². The van der Waals surface area contributed by atoms with Crippen LogP contribution in [0.2, 0.25) is 0 Å². The predicted octanol–water partition coefficient (Wildman–Crippen LogP) is 4.57. The van der Waals surface area contributed by atoms with Crippen LogP contribution < -0.4 is 0 Å². The molecule has 0 aliphatic carbocycles. The molecule has 1 fully saturated rings. The van der Waals surface area contributed by atoms with E-state index in [1.807, 2.05) is 65.6 Å². The second kappa shape index (κ2) is 7.93. The van der Waals surface area contributed by atoms with E-state index in [0.29, 0.717) is 13.0 Å². The second-order valence-electron chi connectivity index (χ2n) is 7.51. The molecule has 0 aromatic heterocycles. The number of likely N-dealkylation sites (tertiary alicyclic amines) is 1. The normalized spacial score (nSPS) is 17.6. The number of halogens is 2. The zero-order valence-electron chi connectivity index (χ0n) is 15.9. The summed E-state index contributed by atoms with van der Waals surface area (Å²) < 4.78 is 27.7. The van der Waals surface area contributed by atoms with E-state index in [0.717, 1.165) is 29.7 Å². The van der Waals surface area contributed by atoms with Gasteiger partial charge in [0.1, 0.15) is 23.0 Å². The summed E-state index contributed by atoms with van der Waals surface area (Å²) in [6.45, 7) is 0.730. The van der Waals surface area contributed by atoms with Gasteiger partial charge in [-0.25, -0.2) is 8.78 Å². The number of aromatic hydroxyl groups is 1.